The van der Waals surface area contributed by atoms with Crippen LogP contribution in [0, 0.1) is 11.7 Å². The van der Waals surface area contributed by atoms with Gasteiger partial charge in [0.25, 0.3) is 10.0 Å². The Balaban J connectivity index is 2.61. The van der Waals surface area contributed by atoms with Crippen molar-refractivity contribution >= 4 is 22.1 Å². The van der Waals surface area contributed by atoms with Crippen molar-refractivity contribution in [2.45, 2.75) is 76.5 Å². The first-order chi connectivity index (χ1) is 15.8. The molecule has 1 aromatic carbocycles. The fourth-order valence-electron chi connectivity index (χ4n) is 3.56. The minimum Gasteiger partial charge on any atom is -0.443 e. The number of urea groups is 1. The van der Waals surface area contributed by atoms with Crippen LogP contribution in [0.15, 0.2) is 29.2 Å². The van der Waals surface area contributed by atoms with Gasteiger partial charge >= 0.3 is 12.1 Å². The van der Waals surface area contributed by atoms with Crippen LogP contribution < -0.4 is 5.32 Å². The Labute approximate surface area is 201 Å². The smallest absolute Gasteiger partial charge is 0.418 e. The number of imide groups is 1. The summed E-state index contributed by atoms with van der Waals surface area (Å²) in [5, 5.41) is 13.7. The zero-order chi connectivity index (χ0) is 25.7. The first-order valence-corrected chi connectivity index (χ1v) is 12.9. The van der Waals surface area contributed by atoms with Crippen LogP contribution in [0.3, 0.4) is 0 Å². The van der Waals surface area contributed by atoms with E-state index in [0.717, 1.165) is 17.0 Å². The number of benzene rings is 1. The molecule has 1 unspecified atom stereocenters. The maximum Gasteiger partial charge on any atom is 0.418 e. The number of carbonyl (C=O) groups excluding carboxylic acids is 2. The zero-order valence-corrected chi connectivity index (χ0v) is 21.3. The van der Waals surface area contributed by atoms with Gasteiger partial charge in [0.2, 0.25) is 0 Å². The summed E-state index contributed by atoms with van der Waals surface area (Å²) in [5.41, 5.74) is -0.936. The number of aliphatic hydroxyl groups is 1. The van der Waals surface area contributed by atoms with Gasteiger partial charge in [0.15, 0.2) is 0 Å². The summed E-state index contributed by atoms with van der Waals surface area (Å²) in [7, 11) is -4.77. The molecule has 3 amide bonds. The minimum absolute atomic E-state index is 0.0413. The number of halogens is 1. The second-order valence-electron chi connectivity index (χ2n) is 9.81. The number of nitrogens with zero attached hydrogens (tertiary/aromatic N) is 2. The summed E-state index contributed by atoms with van der Waals surface area (Å²) in [6.45, 7) is 9.13. The summed E-state index contributed by atoms with van der Waals surface area (Å²) in [4.78, 5) is 26.8. The minimum atomic E-state index is -4.77. The monoisotopic (exact) mass is 501 g/mol. The van der Waals surface area contributed by atoms with Gasteiger partial charge in [0.1, 0.15) is 16.3 Å². The van der Waals surface area contributed by atoms with E-state index in [1.165, 1.54) is 12.1 Å². The average Bonchev–Trinajstić information content (AvgIpc) is 2.91. The first kappa shape index (κ1) is 28.0. The topological polar surface area (TPSA) is 116 Å². The fourth-order valence-corrected chi connectivity index (χ4v) is 5.24. The van der Waals surface area contributed by atoms with E-state index in [9.17, 15) is 27.5 Å². The second kappa shape index (κ2) is 11.5. The van der Waals surface area contributed by atoms with E-state index in [-0.39, 0.29) is 25.4 Å². The molecule has 34 heavy (non-hydrogen) atoms. The molecule has 1 aliphatic heterocycles. The molecule has 1 aromatic rings. The summed E-state index contributed by atoms with van der Waals surface area (Å²) in [5.74, 6) is -0.936. The van der Waals surface area contributed by atoms with Crippen LogP contribution in [0.5, 0.6) is 0 Å². The van der Waals surface area contributed by atoms with Crippen molar-refractivity contribution in [2.24, 2.45) is 5.92 Å². The van der Waals surface area contributed by atoms with Crippen molar-refractivity contribution in [2.75, 3.05) is 19.6 Å². The highest BCUT2D eigenvalue weighted by atomic mass is 32.2. The third-order valence-corrected chi connectivity index (χ3v) is 7.12. The second-order valence-corrected chi connectivity index (χ2v) is 11.6. The van der Waals surface area contributed by atoms with E-state index in [2.05, 4.69) is 5.32 Å². The summed E-state index contributed by atoms with van der Waals surface area (Å²) in [6.07, 6.45) is -1.25. The molecule has 1 aliphatic rings. The van der Waals surface area contributed by atoms with Gasteiger partial charge in [-0.1, -0.05) is 26.0 Å². The molecule has 0 aromatic heterocycles. The van der Waals surface area contributed by atoms with Crippen LogP contribution in [-0.4, -0.2) is 72.2 Å². The van der Waals surface area contributed by atoms with Crippen molar-refractivity contribution in [1.82, 2.24) is 14.5 Å². The molecule has 0 aliphatic carbocycles. The van der Waals surface area contributed by atoms with Gasteiger partial charge in [-0.15, -0.1) is 0 Å². The number of carbonyl (C=O) groups is 2. The van der Waals surface area contributed by atoms with Crippen molar-refractivity contribution in [1.29, 1.82) is 0 Å². The Morgan fingerprint density at radius 3 is 2.50 bits per heavy atom. The molecule has 0 saturated carbocycles. The van der Waals surface area contributed by atoms with Crippen LogP contribution in [0.4, 0.5) is 14.0 Å². The standard InChI is InChI=1S/C23H36FN3O6S/c1-16(2)12-14-26(22(30)33-23(3,4)5)21(29)27(18-10-8-13-25-15-19(18)28)34(31,32)20-11-7-6-9-17(20)24/h6-7,9,11,16,18-19,25,28H,8,10,12-15H2,1-5H3/t18?,19-/m0/s1. The molecule has 2 atom stereocenters. The van der Waals surface area contributed by atoms with Gasteiger partial charge < -0.3 is 15.2 Å². The lowest BCUT2D eigenvalue weighted by molar-refractivity contribution is 0.0265. The number of aliphatic hydroxyl groups excluding tert-OH is 1. The molecule has 1 saturated heterocycles. The summed E-state index contributed by atoms with van der Waals surface area (Å²) < 4.78 is 47.8. The highest BCUT2D eigenvalue weighted by Crippen LogP contribution is 2.28. The molecule has 11 heteroatoms. The van der Waals surface area contributed by atoms with E-state index in [1.54, 1.807) is 20.8 Å². The van der Waals surface area contributed by atoms with Crippen LogP contribution in [0.25, 0.3) is 0 Å². The maximum absolute atomic E-state index is 14.6. The third kappa shape index (κ3) is 7.13. The average molecular weight is 502 g/mol. The summed E-state index contributed by atoms with van der Waals surface area (Å²) >= 11 is 0. The quantitative estimate of drug-likeness (QED) is 0.614. The number of amides is 3. The number of rotatable bonds is 6. The van der Waals surface area contributed by atoms with E-state index >= 15 is 0 Å². The van der Waals surface area contributed by atoms with Gasteiger partial charge in [-0.2, -0.15) is 0 Å². The molecule has 0 radical (unpaired) electrons. The largest absolute Gasteiger partial charge is 0.443 e. The molecule has 1 heterocycles. The lowest BCUT2D eigenvalue weighted by Gasteiger charge is -2.36. The number of β-amino-alcohol motifs (C(OH)–C–C–N with tert-alkyl or cyclic N) is 1. The van der Waals surface area contributed by atoms with Gasteiger partial charge in [0, 0.05) is 13.1 Å². The number of hydrogen-bond donors (Lipinski definition) is 2. The molecule has 192 valence electrons. The molecule has 0 bridgehead atoms. The summed E-state index contributed by atoms with van der Waals surface area (Å²) in [6, 6.07) is 2.33. The Bertz CT molecular complexity index is 964. The van der Waals surface area contributed by atoms with E-state index in [0.29, 0.717) is 23.7 Å². The number of nitrogens with one attached hydrogen (secondary N) is 1. The predicted molar refractivity (Wildman–Crippen MR) is 125 cm³/mol. The molecule has 0 spiro atoms. The molecular formula is C23H36FN3O6S. The highest BCUT2D eigenvalue weighted by molar-refractivity contribution is 7.89. The Morgan fingerprint density at radius 1 is 1.26 bits per heavy atom. The Kier molecular flexibility index (Phi) is 9.44. The van der Waals surface area contributed by atoms with Crippen molar-refractivity contribution in [3.8, 4) is 0 Å². The predicted octanol–water partition coefficient (Wildman–Crippen LogP) is 3.33. The number of ether oxygens (including phenoxy) is 1. The van der Waals surface area contributed by atoms with Gasteiger partial charge in [-0.25, -0.2) is 31.6 Å². The van der Waals surface area contributed by atoms with Crippen molar-refractivity contribution in [3.63, 3.8) is 0 Å². The molecule has 1 fully saturated rings. The SMILES string of the molecule is CC(C)CCN(C(=O)OC(C)(C)C)C(=O)N(C1CCCNC[C@@H]1O)S(=O)(=O)c1ccccc1F. The Hall–Kier alpha value is -2.24. The van der Waals surface area contributed by atoms with Crippen molar-refractivity contribution in [3.05, 3.63) is 30.1 Å². The molecular weight excluding hydrogens is 465 g/mol. The highest BCUT2D eigenvalue weighted by Gasteiger charge is 2.44. The van der Waals surface area contributed by atoms with Gasteiger partial charge in [-0.3, -0.25) is 0 Å². The van der Waals surface area contributed by atoms with E-state index in [4.69, 9.17) is 4.74 Å². The lowest BCUT2D eigenvalue weighted by Crippen LogP contribution is -2.57. The maximum atomic E-state index is 14.6. The zero-order valence-electron chi connectivity index (χ0n) is 20.5. The molecule has 2 N–H and O–H groups in total. The van der Waals surface area contributed by atoms with Crippen LogP contribution in [0.2, 0.25) is 0 Å². The van der Waals surface area contributed by atoms with Gasteiger partial charge in [-0.05, 0) is 64.6 Å². The molecule has 2 rings (SSSR count). The van der Waals surface area contributed by atoms with Crippen molar-refractivity contribution < 1.29 is 32.2 Å². The normalized spacial score (nSPS) is 19.4. The van der Waals surface area contributed by atoms with E-state index < -0.39 is 50.6 Å². The van der Waals surface area contributed by atoms with E-state index in [1.807, 2.05) is 13.8 Å². The van der Waals surface area contributed by atoms with Crippen LogP contribution >= 0.6 is 0 Å². The fraction of sp³-hybridized carbons (Fsp3) is 0.652. The van der Waals surface area contributed by atoms with Gasteiger partial charge in [0.05, 0.1) is 12.1 Å². The molecule has 9 nitrogen and oxygen atoms in total. The number of hydrogen-bond acceptors (Lipinski definition) is 7. The Morgan fingerprint density at radius 2 is 1.91 bits per heavy atom. The lowest BCUT2D eigenvalue weighted by atomic mass is 10.1. The van der Waals surface area contributed by atoms with Crippen LogP contribution in [0.1, 0.15) is 53.9 Å². The third-order valence-electron chi connectivity index (χ3n) is 5.29. The van der Waals surface area contributed by atoms with Crippen LogP contribution in [-0.2, 0) is 14.8 Å². The first-order valence-electron chi connectivity index (χ1n) is 11.5. The number of sulfonamides is 1.